The first kappa shape index (κ1) is 37.7. The fourth-order valence-corrected chi connectivity index (χ4v) is 8.64. The van der Waals surface area contributed by atoms with Crippen molar-refractivity contribution in [2.45, 2.75) is 31.5 Å². The van der Waals surface area contributed by atoms with Crippen molar-refractivity contribution in [2.24, 2.45) is 0 Å². The van der Waals surface area contributed by atoms with Gasteiger partial charge in [0.25, 0.3) is 5.91 Å². The van der Waals surface area contributed by atoms with E-state index in [4.69, 9.17) is 19.4 Å². The molecule has 17 heteroatoms. The van der Waals surface area contributed by atoms with Crippen molar-refractivity contribution >= 4 is 50.4 Å². The van der Waals surface area contributed by atoms with Gasteiger partial charge in [-0.2, -0.15) is 0 Å². The minimum Gasteiger partial charge on any atom is -0.508 e. The number of aromatic hydroxyl groups is 2. The van der Waals surface area contributed by atoms with E-state index in [-0.39, 0.29) is 53.4 Å². The second kappa shape index (κ2) is 15.3. The van der Waals surface area contributed by atoms with Gasteiger partial charge in [0.05, 0.1) is 33.8 Å². The van der Waals surface area contributed by atoms with Gasteiger partial charge in [-0.25, -0.2) is 29.1 Å². The number of ether oxygens (including phenoxy) is 2. The Morgan fingerprint density at radius 2 is 1.66 bits per heavy atom. The number of halogens is 1. The van der Waals surface area contributed by atoms with Gasteiger partial charge in [0.15, 0.2) is 11.4 Å². The summed E-state index contributed by atoms with van der Waals surface area (Å²) < 4.78 is 26.2. The summed E-state index contributed by atoms with van der Waals surface area (Å²) in [6.45, 7) is 1.78. The van der Waals surface area contributed by atoms with Crippen LogP contribution in [0.4, 0.5) is 10.2 Å². The zero-order valence-electron chi connectivity index (χ0n) is 32.0. The van der Waals surface area contributed by atoms with Crippen molar-refractivity contribution in [3.63, 3.8) is 0 Å². The number of hydrogen-bond acceptors (Lipinski definition) is 14. The first-order valence-electron chi connectivity index (χ1n) is 19.3. The third kappa shape index (κ3) is 6.98. The molecule has 4 aromatic carbocycles. The molecule has 2 aliphatic heterocycles. The number of carbonyl (C=O) groups is 2. The van der Waals surface area contributed by atoms with Crippen molar-refractivity contribution in [3.8, 4) is 23.0 Å². The number of nitrogens with one attached hydrogen (secondary N) is 4. The van der Waals surface area contributed by atoms with E-state index in [1.165, 1.54) is 48.0 Å². The molecule has 6 N–H and O–H groups in total. The highest BCUT2D eigenvalue weighted by Crippen LogP contribution is 2.57. The molecule has 8 aromatic rings. The Kier molecular flexibility index (Phi) is 9.45. The largest absolute Gasteiger partial charge is 0.508 e. The highest BCUT2D eigenvalue weighted by molar-refractivity contribution is 7.18. The topological polar surface area (TPSA) is 209 Å². The van der Waals surface area contributed by atoms with E-state index in [0.29, 0.717) is 65.2 Å². The molecule has 1 amide bonds. The fourth-order valence-electron chi connectivity index (χ4n) is 7.73. The number of aromatic amines is 1. The van der Waals surface area contributed by atoms with Gasteiger partial charge in [0, 0.05) is 73.1 Å². The normalized spacial score (nSPS) is 13.4. The first-order valence-corrected chi connectivity index (χ1v) is 20.2. The predicted octanol–water partition coefficient (Wildman–Crippen LogP) is 6.39. The Morgan fingerprint density at radius 1 is 0.852 bits per heavy atom. The van der Waals surface area contributed by atoms with E-state index < -0.39 is 11.6 Å². The van der Waals surface area contributed by atoms with Gasteiger partial charge in [-0.05, 0) is 72.3 Å². The monoisotopic (exact) mass is 835 g/mol. The summed E-state index contributed by atoms with van der Waals surface area (Å²) in [7, 11) is 0. The number of amides is 1. The molecule has 0 saturated heterocycles. The molecule has 0 radical (unpaired) electrons. The Hall–Kier alpha value is -7.50. The Morgan fingerprint density at radius 3 is 2.46 bits per heavy atom. The number of rotatable bonds is 12. The lowest BCUT2D eigenvalue weighted by molar-refractivity contribution is 0.0224. The summed E-state index contributed by atoms with van der Waals surface area (Å²) in [6.07, 6.45) is 4.37. The van der Waals surface area contributed by atoms with Crippen LogP contribution in [0, 0.1) is 5.82 Å². The summed E-state index contributed by atoms with van der Waals surface area (Å²) in [5, 5.41) is 30.9. The summed E-state index contributed by atoms with van der Waals surface area (Å²) >= 11 is 1.49. The standard InChI is InChI=1S/C44H34FN9O6S/c45-31-2-1-13-47-34(31)21-48-40-39-42(51-22-50-40)61-38(54-39)12-15-46-14-11-37-52-32-10-3-23(16-33(32)53-37)20-49-41(57)24-4-7-27-30(17-24)44(60-43(27)58)28-8-5-25(55)18-35(28)59-36-19-26(56)6-9-29(36)44/h1-10,13,16-19,22,46,55-56H,11-12,14-15,20-21H2,(H,49,57)(H,52,53)(H,48,50,51). The van der Waals surface area contributed by atoms with Crippen LogP contribution in [0.3, 0.4) is 0 Å². The number of esters is 1. The Bertz CT molecular complexity index is 2990. The maximum atomic E-state index is 14.0. The molecule has 0 unspecified atom stereocenters. The molecule has 4 aromatic heterocycles. The van der Waals surface area contributed by atoms with E-state index in [9.17, 15) is 24.2 Å². The third-order valence-electron chi connectivity index (χ3n) is 10.6. The van der Waals surface area contributed by atoms with Gasteiger partial charge in [0.2, 0.25) is 0 Å². The number of aromatic nitrogens is 6. The smallest absolute Gasteiger partial charge is 0.340 e. The zero-order chi connectivity index (χ0) is 41.7. The quantitative estimate of drug-likeness (QED) is 0.0583. The SMILES string of the molecule is O=C(NCc1ccc2[nH]c(CCNCCc3nc4c(NCc5ncccc5F)ncnc4s3)nc2c1)c1ccc2c(c1)C1(OC2=O)c2ccc(O)cc2Oc2cc(O)ccc21. The molecular formula is C44H34FN9O6S. The number of carbonyl (C=O) groups excluding carboxylic acids is 2. The highest BCUT2D eigenvalue weighted by atomic mass is 32.1. The van der Waals surface area contributed by atoms with Crippen LogP contribution in [0.2, 0.25) is 0 Å². The van der Waals surface area contributed by atoms with Gasteiger partial charge in [-0.1, -0.05) is 17.4 Å². The fraction of sp³-hybridized carbons (Fsp3) is 0.159. The van der Waals surface area contributed by atoms with Crippen LogP contribution in [0.5, 0.6) is 23.0 Å². The van der Waals surface area contributed by atoms with Crippen LogP contribution in [0.25, 0.3) is 21.4 Å². The minimum atomic E-state index is -1.48. The number of nitrogens with zero attached hydrogens (tertiary/aromatic N) is 5. The van der Waals surface area contributed by atoms with E-state index in [1.807, 2.05) is 18.2 Å². The number of hydrogen-bond donors (Lipinski definition) is 6. The van der Waals surface area contributed by atoms with Crippen molar-refractivity contribution in [3.05, 3.63) is 153 Å². The van der Waals surface area contributed by atoms with Crippen molar-refractivity contribution in [1.82, 2.24) is 40.5 Å². The minimum absolute atomic E-state index is 0.0513. The Labute approximate surface area is 349 Å². The number of imidazole rings is 1. The van der Waals surface area contributed by atoms with Crippen LogP contribution in [-0.2, 0) is 36.3 Å². The molecule has 0 saturated carbocycles. The summed E-state index contributed by atoms with van der Waals surface area (Å²) in [5.74, 6) is 0.431. The van der Waals surface area contributed by atoms with E-state index in [0.717, 1.165) is 32.3 Å². The maximum absolute atomic E-state index is 14.0. The lowest BCUT2D eigenvalue weighted by atomic mass is 9.77. The third-order valence-corrected chi connectivity index (χ3v) is 11.7. The van der Waals surface area contributed by atoms with Crippen LogP contribution in [0.15, 0.2) is 97.5 Å². The van der Waals surface area contributed by atoms with Crippen LogP contribution >= 0.6 is 11.3 Å². The molecule has 0 bridgehead atoms. The molecule has 0 aliphatic carbocycles. The second-order valence-electron chi connectivity index (χ2n) is 14.5. The van der Waals surface area contributed by atoms with Crippen LogP contribution < -0.4 is 20.7 Å². The molecule has 61 heavy (non-hydrogen) atoms. The van der Waals surface area contributed by atoms with Gasteiger partial charge in [-0.15, -0.1) is 0 Å². The number of benzene rings is 4. The van der Waals surface area contributed by atoms with E-state index >= 15 is 0 Å². The number of anilines is 1. The highest BCUT2D eigenvalue weighted by Gasteiger charge is 2.54. The van der Waals surface area contributed by atoms with Crippen molar-refractivity contribution < 1.29 is 33.7 Å². The van der Waals surface area contributed by atoms with Gasteiger partial charge < -0.3 is 40.6 Å². The number of fused-ring (bicyclic) bond motifs is 8. The average molecular weight is 836 g/mol. The van der Waals surface area contributed by atoms with Crippen LogP contribution in [0.1, 0.15) is 59.5 Å². The molecule has 0 fully saturated rings. The van der Waals surface area contributed by atoms with Crippen LogP contribution in [-0.4, -0.2) is 65.1 Å². The zero-order valence-corrected chi connectivity index (χ0v) is 32.8. The average Bonchev–Trinajstić information content (AvgIpc) is 3.95. The van der Waals surface area contributed by atoms with Gasteiger partial charge >= 0.3 is 5.97 Å². The number of thiazole rings is 1. The molecule has 15 nitrogen and oxygen atoms in total. The van der Waals surface area contributed by atoms with Crippen molar-refractivity contribution in [1.29, 1.82) is 0 Å². The number of pyridine rings is 1. The maximum Gasteiger partial charge on any atom is 0.340 e. The predicted molar refractivity (Wildman–Crippen MR) is 222 cm³/mol. The second-order valence-corrected chi connectivity index (χ2v) is 15.6. The van der Waals surface area contributed by atoms with Gasteiger partial charge in [-0.3, -0.25) is 9.78 Å². The number of H-pyrrole nitrogens is 1. The Balaban J connectivity index is 0.767. The van der Waals surface area contributed by atoms with Crippen molar-refractivity contribution in [2.75, 3.05) is 18.4 Å². The summed E-state index contributed by atoms with van der Waals surface area (Å²) in [5.41, 5.74) is 3.94. The lowest BCUT2D eigenvalue weighted by Crippen LogP contribution is -2.33. The number of phenols is 2. The summed E-state index contributed by atoms with van der Waals surface area (Å²) in [4.78, 5) is 53.4. The molecule has 0 atom stereocenters. The molecular weight excluding hydrogens is 802 g/mol. The number of phenolic OH excluding ortho intramolecular Hbond substituents is 2. The first-order chi connectivity index (χ1) is 29.7. The van der Waals surface area contributed by atoms with E-state index in [1.54, 1.807) is 42.6 Å². The molecule has 6 heterocycles. The molecule has 10 rings (SSSR count). The molecule has 1 spiro atoms. The van der Waals surface area contributed by atoms with Gasteiger partial charge in [0.1, 0.15) is 51.3 Å². The lowest BCUT2D eigenvalue weighted by Gasteiger charge is -2.36. The molecule has 2 aliphatic rings. The summed E-state index contributed by atoms with van der Waals surface area (Å²) in [6, 6.07) is 22.5. The molecule has 304 valence electrons. The van der Waals surface area contributed by atoms with E-state index in [2.05, 4.69) is 35.9 Å².